The molecular weight excluding hydrogens is 338 g/mol. The highest BCUT2D eigenvalue weighted by atomic mass is 16.5. The number of anilines is 1. The number of methoxy groups -OCH3 is 1. The van der Waals surface area contributed by atoms with E-state index < -0.39 is 0 Å². The largest absolute Gasteiger partial charge is 0.497 e. The van der Waals surface area contributed by atoms with E-state index in [-0.39, 0.29) is 6.04 Å². The highest BCUT2D eigenvalue weighted by Crippen LogP contribution is 2.27. The second kappa shape index (κ2) is 7.45. The monoisotopic (exact) mass is 359 g/mol. The molecule has 0 saturated carbocycles. The van der Waals surface area contributed by atoms with E-state index >= 15 is 0 Å². The van der Waals surface area contributed by atoms with Gasteiger partial charge >= 0.3 is 0 Å². The molecule has 0 aliphatic rings. The first kappa shape index (κ1) is 17.0. The molecule has 1 N–H and O–H groups in total. The van der Waals surface area contributed by atoms with Crippen LogP contribution in [0.3, 0.4) is 0 Å². The third-order valence-electron chi connectivity index (χ3n) is 4.57. The van der Waals surface area contributed by atoms with Crippen molar-refractivity contribution in [3.8, 4) is 17.0 Å². The van der Waals surface area contributed by atoms with Gasteiger partial charge in [-0.25, -0.2) is 4.98 Å². The van der Waals surface area contributed by atoms with E-state index in [0.29, 0.717) is 5.78 Å². The summed E-state index contributed by atoms with van der Waals surface area (Å²) in [5.74, 6) is 2.24. The molecule has 0 radical (unpaired) electrons. The van der Waals surface area contributed by atoms with Crippen LogP contribution >= 0.6 is 0 Å². The molecule has 1 atom stereocenters. The topological polar surface area (TPSA) is 64.3 Å². The van der Waals surface area contributed by atoms with Crippen molar-refractivity contribution in [2.75, 3.05) is 12.4 Å². The minimum Gasteiger partial charge on any atom is -0.497 e. The molecule has 6 heteroatoms. The zero-order valence-electron chi connectivity index (χ0n) is 15.3. The Kier molecular flexibility index (Phi) is 4.70. The molecule has 0 fully saturated rings. The van der Waals surface area contributed by atoms with Crippen molar-refractivity contribution >= 4 is 11.6 Å². The van der Waals surface area contributed by atoms with Crippen LogP contribution in [0.15, 0.2) is 67.0 Å². The first-order valence-corrected chi connectivity index (χ1v) is 8.95. The summed E-state index contributed by atoms with van der Waals surface area (Å²) in [6.07, 6.45) is 2.47. The van der Waals surface area contributed by atoms with Crippen LogP contribution in [0.4, 0.5) is 5.82 Å². The Labute approximate surface area is 157 Å². The second-order valence-electron chi connectivity index (χ2n) is 6.24. The van der Waals surface area contributed by atoms with Gasteiger partial charge in [0, 0.05) is 11.6 Å². The number of rotatable bonds is 6. The number of nitrogens with zero attached hydrogens (tertiary/aromatic N) is 4. The lowest BCUT2D eigenvalue weighted by atomic mass is 10.0. The fraction of sp³-hybridized carbons (Fsp3) is 0.190. The predicted molar refractivity (Wildman–Crippen MR) is 106 cm³/mol. The average Bonchev–Trinajstić information content (AvgIpc) is 3.21. The van der Waals surface area contributed by atoms with Crippen LogP contribution in [0.5, 0.6) is 5.75 Å². The normalized spacial score (nSPS) is 12.1. The first-order chi connectivity index (χ1) is 13.3. The lowest BCUT2D eigenvalue weighted by Gasteiger charge is -2.19. The molecule has 4 rings (SSSR count). The Morgan fingerprint density at radius 2 is 1.85 bits per heavy atom. The summed E-state index contributed by atoms with van der Waals surface area (Å²) in [4.78, 5) is 8.92. The SMILES string of the molecule is CC[C@@H](Nc1cc(-c2ccc(OC)cc2)nc2ncnn12)c1ccccc1. The van der Waals surface area contributed by atoms with Crippen molar-refractivity contribution in [2.45, 2.75) is 19.4 Å². The van der Waals surface area contributed by atoms with Gasteiger partial charge in [0.25, 0.3) is 5.78 Å². The Morgan fingerprint density at radius 1 is 1.07 bits per heavy atom. The van der Waals surface area contributed by atoms with Gasteiger partial charge in [-0.2, -0.15) is 14.6 Å². The summed E-state index contributed by atoms with van der Waals surface area (Å²) >= 11 is 0. The number of benzene rings is 2. The van der Waals surface area contributed by atoms with Crippen LogP contribution < -0.4 is 10.1 Å². The molecule has 27 heavy (non-hydrogen) atoms. The summed E-state index contributed by atoms with van der Waals surface area (Å²) in [6.45, 7) is 2.16. The van der Waals surface area contributed by atoms with E-state index in [1.165, 1.54) is 11.9 Å². The maximum atomic E-state index is 5.24. The van der Waals surface area contributed by atoms with Gasteiger partial charge in [0.05, 0.1) is 18.8 Å². The van der Waals surface area contributed by atoms with Crippen LogP contribution in [0.25, 0.3) is 17.0 Å². The summed E-state index contributed by atoms with van der Waals surface area (Å²) < 4.78 is 6.98. The standard InChI is InChI=1S/C21H21N5O/c1-3-18(15-7-5-4-6-8-15)24-20-13-19(25-21-22-14-23-26(20)21)16-9-11-17(27-2)12-10-16/h4-14,18,24H,3H2,1-2H3/t18-/m1/s1. The van der Waals surface area contributed by atoms with E-state index in [1.807, 2.05) is 36.4 Å². The molecule has 0 bridgehead atoms. The zero-order chi connectivity index (χ0) is 18.6. The molecule has 0 aliphatic carbocycles. The fourth-order valence-electron chi connectivity index (χ4n) is 3.11. The quantitative estimate of drug-likeness (QED) is 0.554. The van der Waals surface area contributed by atoms with E-state index in [9.17, 15) is 0 Å². The molecule has 0 aliphatic heterocycles. The van der Waals surface area contributed by atoms with Crippen LogP contribution in [0, 0.1) is 0 Å². The lowest BCUT2D eigenvalue weighted by molar-refractivity contribution is 0.415. The van der Waals surface area contributed by atoms with Gasteiger partial charge in [-0.3, -0.25) is 0 Å². The molecule has 0 spiro atoms. The minimum absolute atomic E-state index is 0.171. The van der Waals surface area contributed by atoms with Crippen molar-refractivity contribution in [3.05, 3.63) is 72.6 Å². The molecule has 2 aromatic heterocycles. The van der Waals surface area contributed by atoms with E-state index in [2.05, 4.69) is 51.6 Å². The summed E-state index contributed by atoms with van der Waals surface area (Å²) in [7, 11) is 1.66. The third-order valence-corrected chi connectivity index (χ3v) is 4.57. The molecule has 2 heterocycles. The van der Waals surface area contributed by atoms with Gasteiger partial charge in [0.1, 0.15) is 17.9 Å². The highest BCUT2D eigenvalue weighted by Gasteiger charge is 2.14. The molecule has 6 nitrogen and oxygen atoms in total. The van der Waals surface area contributed by atoms with Gasteiger partial charge in [-0.1, -0.05) is 37.3 Å². The number of hydrogen-bond acceptors (Lipinski definition) is 5. The average molecular weight is 359 g/mol. The Bertz CT molecular complexity index is 1030. The number of fused-ring (bicyclic) bond motifs is 1. The van der Waals surface area contributed by atoms with Crippen molar-refractivity contribution in [3.63, 3.8) is 0 Å². The molecule has 2 aromatic carbocycles. The van der Waals surface area contributed by atoms with Crippen molar-refractivity contribution in [1.82, 2.24) is 19.6 Å². The highest BCUT2D eigenvalue weighted by molar-refractivity contribution is 5.66. The number of hydrogen-bond donors (Lipinski definition) is 1. The molecule has 0 saturated heterocycles. The minimum atomic E-state index is 0.171. The zero-order valence-corrected chi connectivity index (χ0v) is 15.3. The molecule has 0 unspecified atom stereocenters. The summed E-state index contributed by atoms with van der Waals surface area (Å²) in [5.41, 5.74) is 3.07. The van der Waals surface area contributed by atoms with Crippen LogP contribution in [0.2, 0.25) is 0 Å². The van der Waals surface area contributed by atoms with Gasteiger partial charge < -0.3 is 10.1 Å². The smallest absolute Gasteiger partial charge is 0.254 e. The van der Waals surface area contributed by atoms with Crippen LogP contribution in [0.1, 0.15) is 24.9 Å². The van der Waals surface area contributed by atoms with Crippen molar-refractivity contribution in [1.29, 1.82) is 0 Å². The van der Waals surface area contributed by atoms with E-state index in [1.54, 1.807) is 11.6 Å². The maximum absolute atomic E-state index is 5.24. The van der Waals surface area contributed by atoms with Crippen molar-refractivity contribution in [2.24, 2.45) is 0 Å². The molecule has 136 valence electrons. The maximum Gasteiger partial charge on any atom is 0.254 e. The van der Waals surface area contributed by atoms with Gasteiger partial charge in [-0.15, -0.1) is 0 Å². The first-order valence-electron chi connectivity index (χ1n) is 8.95. The van der Waals surface area contributed by atoms with E-state index in [4.69, 9.17) is 4.74 Å². The van der Waals surface area contributed by atoms with Gasteiger partial charge in [0.15, 0.2) is 0 Å². The Morgan fingerprint density at radius 3 is 2.56 bits per heavy atom. The fourth-order valence-corrected chi connectivity index (χ4v) is 3.11. The Hall–Kier alpha value is -3.41. The third kappa shape index (κ3) is 3.46. The molecular formula is C21H21N5O. The summed E-state index contributed by atoms with van der Waals surface area (Å²) in [5, 5.41) is 7.92. The van der Waals surface area contributed by atoms with E-state index in [0.717, 1.165) is 29.2 Å². The van der Waals surface area contributed by atoms with Gasteiger partial charge in [-0.05, 0) is 36.2 Å². The number of aromatic nitrogens is 4. The Balaban J connectivity index is 1.74. The van der Waals surface area contributed by atoms with Crippen LogP contribution in [-0.2, 0) is 0 Å². The number of ether oxygens (including phenoxy) is 1. The van der Waals surface area contributed by atoms with Crippen molar-refractivity contribution < 1.29 is 4.74 Å². The van der Waals surface area contributed by atoms with Crippen LogP contribution in [-0.4, -0.2) is 26.7 Å². The van der Waals surface area contributed by atoms with Gasteiger partial charge in [0.2, 0.25) is 0 Å². The number of nitrogens with one attached hydrogen (secondary N) is 1. The summed E-state index contributed by atoms with van der Waals surface area (Å²) in [6, 6.07) is 20.4. The molecule has 0 amide bonds. The second-order valence-corrected chi connectivity index (χ2v) is 6.24. The lowest BCUT2D eigenvalue weighted by Crippen LogP contribution is -2.13. The predicted octanol–water partition coefficient (Wildman–Crippen LogP) is 4.36. The molecule has 4 aromatic rings.